The van der Waals surface area contributed by atoms with Crippen LogP contribution in [0.15, 0.2) is 60.8 Å². The van der Waals surface area contributed by atoms with Crippen LogP contribution in [0, 0.1) is 6.92 Å². The van der Waals surface area contributed by atoms with E-state index in [2.05, 4.69) is 10.3 Å². The summed E-state index contributed by atoms with van der Waals surface area (Å²) in [5.74, 6) is -0.192. The Morgan fingerprint density at radius 2 is 1.66 bits per heavy atom. The molecule has 1 heterocycles. The summed E-state index contributed by atoms with van der Waals surface area (Å²) >= 11 is 13.0. The Balaban J connectivity index is 1.72. The summed E-state index contributed by atoms with van der Waals surface area (Å²) in [4.78, 5) is 29.0. The van der Waals surface area contributed by atoms with Crippen molar-refractivity contribution in [2.45, 2.75) is 13.8 Å². The van der Waals surface area contributed by atoms with Crippen molar-refractivity contribution in [3.8, 4) is 28.4 Å². The third kappa shape index (κ3) is 5.74. The molecule has 4 aromatic rings. The molecule has 1 aromatic heterocycles. The van der Waals surface area contributed by atoms with Gasteiger partial charge in [-0.05, 0) is 54.5 Å². The highest BCUT2D eigenvalue weighted by atomic mass is 35.5. The summed E-state index contributed by atoms with van der Waals surface area (Å²) < 4.78 is 15.9. The fourth-order valence-electron chi connectivity index (χ4n) is 4.03. The maximum Gasteiger partial charge on any atom is 0.308 e. The van der Waals surface area contributed by atoms with Gasteiger partial charge in [0.2, 0.25) is 11.7 Å². The van der Waals surface area contributed by atoms with E-state index in [1.165, 1.54) is 27.2 Å². The van der Waals surface area contributed by atoms with Crippen molar-refractivity contribution in [3.63, 3.8) is 0 Å². The van der Waals surface area contributed by atoms with Gasteiger partial charge in [0.05, 0.1) is 36.6 Å². The van der Waals surface area contributed by atoms with Crippen LogP contribution in [0.2, 0.25) is 10.0 Å². The van der Waals surface area contributed by atoms with Gasteiger partial charge in [0.15, 0.2) is 11.5 Å². The second-order valence-corrected chi connectivity index (χ2v) is 9.15. The van der Waals surface area contributed by atoms with Gasteiger partial charge in [0, 0.05) is 34.5 Å². The number of hydrogen-bond acceptors (Lipinski definition) is 6. The number of amides is 1. The number of anilines is 1. The minimum atomic E-state index is -0.515. The average molecular weight is 551 g/mol. The summed E-state index contributed by atoms with van der Waals surface area (Å²) in [7, 11) is 2.89. The standard InChI is InChI=1S/C29H24Cl2N2O5/c1-16-11-20-27(19-7-5-6-8-21(19)30)23(15-32-28(20)22(31)12-16)33-26(35)10-9-18-13-24(36-3)29(38-17(2)34)25(14-18)37-4/h5-15H,1-4H3,(H,33,35). The molecule has 0 radical (unpaired) electrons. The molecule has 3 aromatic carbocycles. The van der Waals surface area contributed by atoms with Crippen molar-refractivity contribution in [1.82, 2.24) is 4.98 Å². The van der Waals surface area contributed by atoms with Gasteiger partial charge in [-0.2, -0.15) is 0 Å². The number of ether oxygens (including phenoxy) is 3. The van der Waals surface area contributed by atoms with Gasteiger partial charge < -0.3 is 19.5 Å². The van der Waals surface area contributed by atoms with E-state index in [0.717, 1.165) is 16.5 Å². The van der Waals surface area contributed by atoms with E-state index in [1.807, 2.05) is 37.3 Å². The fourth-order valence-corrected chi connectivity index (χ4v) is 4.58. The van der Waals surface area contributed by atoms with Crippen LogP contribution in [0.25, 0.3) is 28.1 Å². The van der Waals surface area contributed by atoms with Gasteiger partial charge in [0.25, 0.3) is 0 Å². The zero-order valence-electron chi connectivity index (χ0n) is 21.1. The van der Waals surface area contributed by atoms with E-state index in [0.29, 0.717) is 32.4 Å². The van der Waals surface area contributed by atoms with E-state index in [4.69, 9.17) is 37.4 Å². The zero-order valence-corrected chi connectivity index (χ0v) is 22.6. The number of nitrogens with one attached hydrogen (secondary N) is 1. The lowest BCUT2D eigenvalue weighted by atomic mass is 9.98. The lowest BCUT2D eigenvalue weighted by molar-refractivity contribution is -0.132. The Morgan fingerprint density at radius 1 is 0.974 bits per heavy atom. The number of benzene rings is 3. The van der Waals surface area contributed by atoms with E-state index >= 15 is 0 Å². The number of halogens is 2. The minimum Gasteiger partial charge on any atom is -0.493 e. The first-order valence-electron chi connectivity index (χ1n) is 11.5. The van der Waals surface area contributed by atoms with Gasteiger partial charge in [-0.3, -0.25) is 14.6 Å². The molecule has 38 heavy (non-hydrogen) atoms. The van der Waals surface area contributed by atoms with Gasteiger partial charge in [0.1, 0.15) is 0 Å². The van der Waals surface area contributed by atoms with Crippen molar-refractivity contribution in [2.75, 3.05) is 19.5 Å². The van der Waals surface area contributed by atoms with Gasteiger partial charge >= 0.3 is 5.97 Å². The summed E-state index contributed by atoms with van der Waals surface area (Å²) in [6, 6.07) is 14.4. The van der Waals surface area contributed by atoms with Crippen LogP contribution < -0.4 is 19.5 Å². The van der Waals surface area contributed by atoms with Crippen molar-refractivity contribution >= 4 is 57.7 Å². The summed E-state index contributed by atoms with van der Waals surface area (Å²) in [6.07, 6.45) is 4.51. The second-order valence-electron chi connectivity index (χ2n) is 8.34. The first kappa shape index (κ1) is 27.0. The molecule has 0 saturated carbocycles. The molecule has 0 unspecified atom stereocenters. The number of hydrogen-bond donors (Lipinski definition) is 1. The molecule has 1 N–H and O–H groups in total. The number of carbonyl (C=O) groups excluding carboxylic acids is 2. The molecular weight excluding hydrogens is 527 g/mol. The van der Waals surface area contributed by atoms with Crippen LogP contribution in [0.1, 0.15) is 18.1 Å². The normalized spacial score (nSPS) is 11.0. The molecular formula is C29H24Cl2N2O5. The molecule has 0 saturated heterocycles. The van der Waals surface area contributed by atoms with E-state index in [9.17, 15) is 9.59 Å². The number of aryl methyl sites for hydroxylation is 1. The van der Waals surface area contributed by atoms with Gasteiger partial charge in [-0.25, -0.2) is 0 Å². The largest absolute Gasteiger partial charge is 0.493 e. The molecule has 0 bridgehead atoms. The monoisotopic (exact) mass is 550 g/mol. The van der Waals surface area contributed by atoms with E-state index < -0.39 is 11.9 Å². The second kappa shape index (κ2) is 11.5. The number of esters is 1. The van der Waals surface area contributed by atoms with Crippen LogP contribution in [0.3, 0.4) is 0 Å². The van der Waals surface area contributed by atoms with Crippen molar-refractivity contribution in [1.29, 1.82) is 0 Å². The summed E-state index contributed by atoms with van der Waals surface area (Å²) in [6.45, 7) is 3.22. The summed E-state index contributed by atoms with van der Waals surface area (Å²) in [5.41, 5.74) is 4.06. The molecule has 4 rings (SSSR count). The maximum absolute atomic E-state index is 13.0. The molecule has 194 valence electrons. The molecule has 1 amide bonds. The van der Waals surface area contributed by atoms with Crippen LogP contribution in [0.4, 0.5) is 5.69 Å². The molecule has 0 aliphatic heterocycles. The fraction of sp³-hybridized carbons (Fsp3) is 0.138. The molecule has 9 heteroatoms. The third-order valence-electron chi connectivity index (χ3n) is 5.63. The Kier molecular flexibility index (Phi) is 8.20. The quantitative estimate of drug-likeness (QED) is 0.150. The predicted molar refractivity (Wildman–Crippen MR) is 150 cm³/mol. The predicted octanol–water partition coefficient (Wildman–Crippen LogP) is 7.11. The Labute approximate surface area is 229 Å². The third-order valence-corrected chi connectivity index (χ3v) is 6.24. The van der Waals surface area contributed by atoms with Gasteiger partial charge in [-0.1, -0.05) is 41.4 Å². The SMILES string of the molecule is COc1cc(C=CC(=O)Nc2cnc3c(Cl)cc(C)cc3c2-c2ccccc2Cl)cc(OC)c1OC(C)=O. The molecule has 0 aliphatic carbocycles. The zero-order chi connectivity index (χ0) is 27.4. The molecule has 0 aliphatic rings. The lowest BCUT2D eigenvalue weighted by Crippen LogP contribution is -2.10. The topological polar surface area (TPSA) is 86.8 Å². The number of carbonyl (C=O) groups is 2. The number of nitrogens with zero attached hydrogens (tertiary/aromatic N) is 1. The van der Waals surface area contributed by atoms with Crippen molar-refractivity contribution in [3.05, 3.63) is 82.0 Å². The van der Waals surface area contributed by atoms with Crippen molar-refractivity contribution < 1.29 is 23.8 Å². The average Bonchev–Trinajstić information content (AvgIpc) is 2.88. The minimum absolute atomic E-state index is 0.157. The number of fused-ring (bicyclic) bond motifs is 1. The maximum atomic E-state index is 13.0. The highest BCUT2D eigenvalue weighted by molar-refractivity contribution is 6.36. The number of methoxy groups -OCH3 is 2. The highest BCUT2D eigenvalue weighted by Crippen LogP contribution is 2.41. The van der Waals surface area contributed by atoms with E-state index in [1.54, 1.807) is 30.5 Å². The number of aromatic nitrogens is 1. The Bertz CT molecular complexity index is 1560. The lowest BCUT2D eigenvalue weighted by Gasteiger charge is -2.16. The summed E-state index contributed by atoms with van der Waals surface area (Å²) in [5, 5.41) is 4.70. The molecule has 0 atom stereocenters. The molecule has 7 nitrogen and oxygen atoms in total. The first-order valence-corrected chi connectivity index (χ1v) is 12.2. The Hall–Kier alpha value is -4.07. The van der Waals surface area contributed by atoms with Crippen LogP contribution in [-0.2, 0) is 9.59 Å². The van der Waals surface area contributed by atoms with Crippen molar-refractivity contribution in [2.24, 2.45) is 0 Å². The van der Waals surface area contributed by atoms with Crippen LogP contribution in [0.5, 0.6) is 17.2 Å². The van der Waals surface area contributed by atoms with E-state index in [-0.39, 0.29) is 17.2 Å². The van der Waals surface area contributed by atoms with Crippen LogP contribution in [-0.4, -0.2) is 31.1 Å². The first-order chi connectivity index (χ1) is 18.2. The molecule has 0 fully saturated rings. The van der Waals surface area contributed by atoms with Gasteiger partial charge in [-0.15, -0.1) is 0 Å². The highest BCUT2D eigenvalue weighted by Gasteiger charge is 2.18. The molecule has 0 spiro atoms. The number of pyridine rings is 1. The number of rotatable bonds is 7. The Morgan fingerprint density at radius 3 is 2.29 bits per heavy atom. The van der Waals surface area contributed by atoms with Crippen LogP contribution >= 0.6 is 23.2 Å². The smallest absolute Gasteiger partial charge is 0.308 e.